The fourth-order valence-corrected chi connectivity index (χ4v) is 2.44. The molecule has 3 aromatic rings. The van der Waals surface area contributed by atoms with Crippen molar-refractivity contribution in [2.45, 2.75) is 6.54 Å². The maximum Gasteiger partial charge on any atom is 0.255 e. The highest BCUT2D eigenvalue weighted by molar-refractivity contribution is 6.05. The molecule has 0 unspecified atom stereocenters. The largest absolute Gasteiger partial charge is 0.348 e. The fraction of sp³-hybridized carbons (Fsp3) is 0.0476. The lowest BCUT2D eigenvalue weighted by atomic mass is 10.1. The number of halogens is 2. The van der Waals surface area contributed by atoms with E-state index in [1.165, 1.54) is 24.3 Å². The Labute approximate surface area is 154 Å². The molecule has 0 saturated heterocycles. The number of benzene rings is 3. The second kappa shape index (κ2) is 8.23. The summed E-state index contributed by atoms with van der Waals surface area (Å²) in [6.07, 6.45) is 0. The van der Waals surface area contributed by atoms with Crippen molar-refractivity contribution >= 4 is 17.5 Å². The van der Waals surface area contributed by atoms with Crippen molar-refractivity contribution in [3.8, 4) is 0 Å². The first-order valence-electron chi connectivity index (χ1n) is 8.21. The SMILES string of the molecule is O=C(NCc1ccccc1)c1ccc(C(=O)Nc2ccc(F)cc2F)cc1. The van der Waals surface area contributed by atoms with E-state index >= 15 is 0 Å². The number of hydrogen-bond donors (Lipinski definition) is 2. The second-order valence-corrected chi connectivity index (χ2v) is 5.82. The Bertz CT molecular complexity index is 958. The molecule has 3 aromatic carbocycles. The molecule has 0 fully saturated rings. The molecule has 0 heterocycles. The number of anilines is 1. The van der Waals surface area contributed by atoms with Crippen LogP contribution in [0.2, 0.25) is 0 Å². The minimum atomic E-state index is -0.861. The molecule has 0 bridgehead atoms. The van der Waals surface area contributed by atoms with E-state index in [0.29, 0.717) is 18.2 Å². The van der Waals surface area contributed by atoms with Gasteiger partial charge in [-0.25, -0.2) is 8.78 Å². The van der Waals surface area contributed by atoms with Gasteiger partial charge in [-0.05, 0) is 42.0 Å². The topological polar surface area (TPSA) is 58.2 Å². The highest BCUT2D eigenvalue weighted by atomic mass is 19.1. The molecule has 0 aliphatic heterocycles. The first-order chi connectivity index (χ1) is 13.0. The summed E-state index contributed by atoms with van der Waals surface area (Å²) in [5, 5.41) is 5.16. The summed E-state index contributed by atoms with van der Waals surface area (Å²) in [5.41, 5.74) is 1.50. The van der Waals surface area contributed by atoms with Crippen LogP contribution >= 0.6 is 0 Å². The predicted octanol–water partition coefficient (Wildman–Crippen LogP) is 4.15. The Kier molecular flexibility index (Phi) is 5.56. The van der Waals surface area contributed by atoms with Crippen LogP contribution in [0, 0.1) is 11.6 Å². The Morgan fingerprint density at radius 2 is 1.41 bits per heavy atom. The van der Waals surface area contributed by atoms with E-state index in [9.17, 15) is 18.4 Å². The summed E-state index contributed by atoms with van der Waals surface area (Å²) in [5.74, 6) is -2.41. The lowest BCUT2D eigenvalue weighted by Crippen LogP contribution is -2.23. The van der Waals surface area contributed by atoms with E-state index in [4.69, 9.17) is 0 Å². The summed E-state index contributed by atoms with van der Waals surface area (Å²) in [4.78, 5) is 24.3. The third-order valence-corrected chi connectivity index (χ3v) is 3.88. The van der Waals surface area contributed by atoms with E-state index in [-0.39, 0.29) is 17.2 Å². The van der Waals surface area contributed by atoms with Crippen LogP contribution in [0.5, 0.6) is 0 Å². The lowest BCUT2D eigenvalue weighted by molar-refractivity contribution is 0.0949. The van der Waals surface area contributed by atoms with E-state index in [1.54, 1.807) is 0 Å². The van der Waals surface area contributed by atoms with E-state index < -0.39 is 17.5 Å². The molecule has 27 heavy (non-hydrogen) atoms. The monoisotopic (exact) mass is 366 g/mol. The zero-order valence-electron chi connectivity index (χ0n) is 14.2. The van der Waals surface area contributed by atoms with E-state index in [2.05, 4.69) is 10.6 Å². The van der Waals surface area contributed by atoms with Crippen molar-refractivity contribution in [2.75, 3.05) is 5.32 Å². The summed E-state index contributed by atoms with van der Waals surface area (Å²) in [6.45, 7) is 0.395. The number of rotatable bonds is 5. The molecule has 2 N–H and O–H groups in total. The van der Waals surface area contributed by atoms with Crippen molar-refractivity contribution < 1.29 is 18.4 Å². The van der Waals surface area contributed by atoms with Gasteiger partial charge >= 0.3 is 0 Å². The zero-order chi connectivity index (χ0) is 19.2. The van der Waals surface area contributed by atoms with Gasteiger partial charge in [-0.3, -0.25) is 9.59 Å². The molecule has 3 rings (SSSR count). The van der Waals surface area contributed by atoms with Crippen LogP contribution in [-0.4, -0.2) is 11.8 Å². The van der Waals surface area contributed by atoms with Crippen LogP contribution < -0.4 is 10.6 Å². The highest BCUT2D eigenvalue weighted by Crippen LogP contribution is 2.16. The van der Waals surface area contributed by atoms with E-state index in [1.807, 2.05) is 30.3 Å². The van der Waals surface area contributed by atoms with Crippen LogP contribution in [0.15, 0.2) is 72.8 Å². The summed E-state index contributed by atoms with van der Waals surface area (Å²) >= 11 is 0. The van der Waals surface area contributed by atoms with Crippen molar-refractivity contribution in [1.82, 2.24) is 5.32 Å². The first-order valence-corrected chi connectivity index (χ1v) is 8.21. The molecule has 0 saturated carbocycles. The Hall–Kier alpha value is -3.54. The van der Waals surface area contributed by atoms with Gasteiger partial charge in [-0.1, -0.05) is 30.3 Å². The summed E-state index contributed by atoms with van der Waals surface area (Å²) in [6, 6.07) is 18.3. The van der Waals surface area contributed by atoms with Crippen molar-refractivity contribution in [2.24, 2.45) is 0 Å². The van der Waals surface area contributed by atoms with Gasteiger partial charge in [0.15, 0.2) is 0 Å². The Morgan fingerprint density at radius 3 is 2.04 bits per heavy atom. The predicted molar refractivity (Wildman–Crippen MR) is 98.4 cm³/mol. The molecule has 0 aromatic heterocycles. The number of nitrogens with one attached hydrogen (secondary N) is 2. The molecule has 0 atom stereocenters. The van der Waals surface area contributed by atoms with Crippen LogP contribution in [0.25, 0.3) is 0 Å². The first kappa shape index (κ1) is 18.3. The minimum absolute atomic E-state index is 0.119. The molecule has 0 aliphatic carbocycles. The number of amides is 2. The molecule has 6 heteroatoms. The summed E-state index contributed by atoms with van der Waals surface area (Å²) in [7, 11) is 0. The molecule has 0 aliphatic rings. The number of carbonyl (C=O) groups excluding carboxylic acids is 2. The normalized spacial score (nSPS) is 10.3. The average Bonchev–Trinajstić information content (AvgIpc) is 2.69. The van der Waals surface area contributed by atoms with Gasteiger partial charge in [0.25, 0.3) is 11.8 Å². The quantitative estimate of drug-likeness (QED) is 0.713. The Morgan fingerprint density at radius 1 is 0.778 bits per heavy atom. The van der Waals surface area contributed by atoms with Crippen LogP contribution in [0.1, 0.15) is 26.3 Å². The molecule has 2 amide bonds. The van der Waals surface area contributed by atoms with Gasteiger partial charge in [0, 0.05) is 23.7 Å². The smallest absolute Gasteiger partial charge is 0.255 e. The molecule has 4 nitrogen and oxygen atoms in total. The van der Waals surface area contributed by atoms with Gasteiger partial charge < -0.3 is 10.6 Å². The number of carbonyl (C=O) groups is 2. The van der Waals surface area contributed by atoms with Gasteiger partial charge in [0.1, 0.15) is 11.6 Å². The molecule has 0 radical (unpaired) electrons. The zero-order valence-corrected chi connectivity index (χ0v) is 14.2. The van der Waals surface area contributed by atoms with Crippen molar-refractivity contribution in [1.29, 1.82) is 0 Å². The standard InChI is InChI=1S/C21H16F2N2O2/c22-17-10-11-19(18(23)12-17)25-21(27)16-8-6-15(7-9-16)20(26)24-13-14-4-2-1-3-5-14/h1-12H,13H2,(H,24,26)(H,25,27). The van der Waals surface area contributed by atoms with E-state index in [0.717, 1.165) is 17.7 Å². The molecular formula is C21H16F2N2O2. The average molecular weight is 366 g/mol. The maximum absolute atomic E-state index is 13.6. The second-order valence-electron chi connectivity index (χ2n) is 5.82. The third-order valence-electron chi connectivity index (χ3n) is 3.88. The van der Waals surface area contributed by atoms with Gasteiger partial charge in [0.2, 0.25) is 0 Å². The van der Waals surface area contributed by atoms with Crippen LogP contribution in [0.4, 0.5) is 14.5 Å². The van der Waals surface area contributed by atoms with Crippen LogP contribution in [-0.2, 0) is 6.54 Å². The van der Waals surface area contributed by atoms with Gasteiger partial charge in [-0.2, -0.15) is 0 Å². The number of hydrogen-bond acceptors (Lipinski definition) is 2. The lowest BCUT2D eigenvalue weighted by Gasteiger charge is -2.08. The third kappa shape index (κ3) is 4.76. The van der Waals surface area contributed by atoms with Crippen molar-refractivity contribution in [3.63, 3.8) is 0 Å². The highest BCUT2D eigenvalue weighted by Gasteiger charge is 2.11. The summed E-state index contributed by atoms with van der Waals surface area (Å²) < 4.78 is 26.5. The van der Waals surface area contributed by atoms with Crippen LogP contribution in [0.3, 0.4) is 0 Å². The molecular weight excluding hydrogens is 350 g/mol. The van der Waals surface area contributed by atoms with Gasteiger partial charge in [-0.15, -0.1) is 0 Å². The Balaban J connectivity index is 1.62. The molecule has 0 spiro atoms. The minimum Gasteiger partial charge on any atom is -0.348 e. The fourth-order valence-electron chi connectivity index (χ4n) is 2.44. The van der Waals surface area contributed by atoms with Crippen molar-refractivity contribution in [3.05, 3.63) is 101 Å². The molecule has 136 valence electrons. The van der Waals surface area contributed by atoms with Gasteiger partial charge in [0.05, 0.1) is 5.69 Å². The maximum atomic E-state index is 13.6.